The van der Waals surface area contributed by atoms with Crippen molar-refractivity contribution in [2.24, 2.45) is 0 Å². The van der Waals surface area contributed by atoms with Crippen LogP contribution in [0, 0.1) is 18.8 Å². The average Bonchev–Trinajstić information content (AvgIpc) is 3.34. The predicted octanol–water partition coefficient (Wildman–Crippen LogP) is 6.21. The highest BCUT2D eigenvalue weighted by atomic mass is 16.6. The molecule has 0 radical (unpaired) electrons. The van der Waals surface area contributed by atoms with E-state index in [2.05, 4.69) is 11.8 Å². The normalized spacial score (nSPS) is 15.7. The molecule has 7 nitrogen and oxygen atoms in total. The summed E-state index contributed by atoms with van der Waals surface area (Å²) in [6.07, 6.45) is 0.938. The highest BCUT2D eigenvalue weighted by Crippen LogP contribution is 2.34. The molecule has 0 aromatic heterocycles. The first-order chi connectivity index (χ1) is 20.2. The van der Waals surface area contributed by atoms with Crippen molar-refractivity contribution in [3.8, 4) is 29.1 Å². The Morgan fingerprint density at radius 2 is 1.40 bits per heavy atom. The number of methoxy groups -OCH3 is 1. The largest absolute Gasteiger partial charge is 0.497 e. The summed E-state index contributed by atoms with van der Waals surface area (Å²) >= 11 is 0. The number of allylic oxidation sites excluding steroid dienone is 1. The summed E-state index contributed by atoms with van der Waals surface area (Å²) in [5, 5.41) is 0. The Balaban J connectivity index is 1.24. The first kappa shape index (κ1) is 30.3. The van der Waals surface area contributed by atoms with Crippen LogP contribution < -0.4 is 14.2 Å². The van der Waals surface area contributed by atoms with Crippen LogP contribution in [0.3, 0.4) is 0 Å². The van der Waals surface area contributed by atoms with Crippen LogP contribution in [0.5, 0.6) is 17.2 Å². The van der Waals surface area contributed by atoms with Crippen LogP contribution in [0.4, 0.5) is 0 Å². The van der Waals surface area contributed by atoms with Gasteiger partial charge in [-0.1, -0.05) is 35.1 Å². The van der Waals surface area contributed by atoms with Gasteiger partial charge in [-0.25, -0.2) is 4.79 Å². The van der Waals surface area contributed by atoms with Gasteiger partial charge in [-0.3, -0.25) is 4.79 Å². The van der Waals surface area contributed by atoms with Gasteiger partial charge in [0.2, 0.25) is 0 Å². The zero-order valence-corrected chi connectivity index (χ0v) is 24.5. The maximum absolute atomic E-state index is 12.5. The summed E-state index contributed by atoms with van der Waals surface area (Å²) in [6.45, 7) is 6.06. The molecule has 4 rings (SSSR count). The summed E-state index contributed by atoms with van der Waals surface area (Å²) in [4.78, 5) is 25.1. The molecular formula is C35H36O7. The minimum absolute atomic E-state index is 0.0453. The van der Waals surface area contributed by atoms with Gasteiger partial charge in [0.05, 0.1) is 13.7 Å². The lowest BCUT2D eigenvalue weighted by Crippen LogP contribution is -2.41. The number of rotatable bonds is 11. The third kappa shape index (κ3) is 8.65. The molecule has 1 aliphatic heterocycles. The van der Waals surface area contributed by atoms with Crippen LogP contribution in [0.25, 0.3) is 0 Å². The molecule has 1 atom stereocenters. The molecule has 1 fully saturated rings. The van der Waals surface area contributed by atoms with Crippen LogP contribution in [-0.2, 0) is 19.1 Å². The number of esters is 2. The third-order valence-corrected chi connectivity index (χ3v) is 6.77. The van der Waals surface area contributed by atoms with Gasteiger partial charge in [-0.15, -0.1) is 0 Å². The van der Waals surface area contributed by atoms with Gasteiger partial charge in [-0.2, -0.15) is 0 Å². The number of carbonyl (C=O) groups excluding carboxylic acids is 2. The van der Waals surface area contributed by atoms with Crippen LogP contribution in [0.1, 0.15) is 49.8 Å². The van der Waals surface area contributed by atoms with Crippen LogP contribution in [0.15, 0.2) is 83.9 Å². The lowest BCUT2D eigenvalue weighted by Gasteiger charge is -2.27. The van der Waals surface area contributed by atoms with Crippen molar-refractivity contribution in [2.45, 2.75) is 45.6 Å². The first-order valence-electron chi connectivity index (χ1n) is 13.9. The molecule has 3 aromatic carbocycles. The van der Waals surface area contributed by atoms with Gasteiger partial charge in [0.25, 0.3) is 0 Å². The van der Waals surface area contributed by atoms with Crippen molar-refractivity contribution >= 4 is 11.9 Å². The molecule has 0 saturated carbocycles. The summed E-state index contributed by atoms with van der Waals surface area (Å²) in [5.41, 5.74) is 3.39. The Morgan fingerprint density at radius 3 is 2.00 bits per heavy atom. The maximum atomic E-state index is 12.5. The number of carbonyl (C=O) groups is 2. The van der Waals surface area contributed by atoms with E-state index in [4.69, 9.17) is 23.7 Å². The fraction of sp³-hybridized carbons (Fsp3) is 0.314. The highest BCUT2D eigenvalue weighted by molar-refractivity contribution is 5.92. The number of aryl methyl sites for hydroxylation is 1. The lowest BCUT2D eigenvalue weighted by molar-refractivity contribution is -0.165. The molecule has 1 unspecified atom stereocenters. The quantitative estimate of drug-likeness (QED) is 0.118. The summed E-state index contributed by atoms with van der Waals surface area (Å²) in [6, 6.07) is 22.7. The summed E-state index contributed by atoms with van der Waals surface area (Å²) < 4.78 is 28.2. The second-order valence-corrected chi connectivity index (χ2v) is 10.4. The van der Waals surface area contributed by atoms with E-state index in [0.717, 1.165) is 16.7 Å². The first-order valence-corrected chi connectivity index (χ1v) is 13.9. The number of ether oxygens (including phenoxy) is 5. The zero-order valence-electron chi connectivity index (χ0n) is 24.5. The molecule has 1 heterocycles. The van der Waals surface area contributed by atoms with E-state index in [9.17, 15) is 9.59 Å². The fourth-order valence-corrected chi connectivity index (χ4v) is 4.27. The standard InChI is InChI=1S/C35H36O7/c1-25(2)32-22-35(42-34(32)37,23-40-31-19-17-29(38-4)18-20-31)24-41-33(36)6-5-21-39-30-15-13-28(14-16-30)12-11-27-9-7-26(3)8-10-27/h7-10,13-20H,5-6,21-24H2,1-4H3. The SMILES string of the molecule is COc1ccc(OCC2(COC(=O)CCCOc3ccc(C#Cc4ccc(C)cc4)cc3)CC(=C(C)C)C(=O)O2)cc1. The van der Waals surface area contributed by atoms with Crippen molar-refractivity contribution in [3.05, 3.63) is 101 Å². The minimum Gasteiger partial charge on any atom is -0.497 e. The van der Waals surface area contributed by atoms with E-state index < -0.39 is 17.5 Å². The van der Waals surface area contributed by atoms with E-state index in [1.807, 2.05) is 69.3 Å². The van der Waals surface area contributed by atoms with E-state index in [-0.39, 0.29) is 19.6 Å². The Hall–Kier alpha value is -4.70. The van der Waals surface area contributed by atoms with E-state index in [0.29, 0.717) is 42.3 Å². The van der Waals surface area contributed by atoms with E-state index in [1.165, 1.54) is 5.56 Å². The Labute approximate surface area is 247 Å². The molecule has 0 amide bonds. The second-order valence-electron chi connectivity index (χ2n) is 10.4. The van der Waals surface area contributed by atoms with Gasteiger partial charge < -0.3 is 23.7 Å². The van der Waals surface area contributed by atoms with E-state index >= 15 is 0 Å². The molecule has 0 bridgehead atoms. The van der Waals surface area contributed by atoms with Gasteiger partial charge in [0, 0.05) is 29.5 Å². The zero-order chi connectivity index (χ0) is 30.0. The number of hydrogen-bond donors (Lipinski definition) is 0. The van der Waals surface area contributed by atoms with Gasteiger partial charge in [-0.05, 0) is 87.9 Å². The van der Waals surface area contributed by atoms with Crippen LogP contribution >= 0.6 is 0 Å². The number of cyclic esters (lactones) is 1. The van der Waals surface area contributed by atoms with Gasteiger partial charge in [0.1, 0.15) is 30.5 Å². The fourth-order valence-electron chi connectivity index (χ4n) is 4.27. The third-order valence-electron chi connectivity index (χ3n) is 6.77. The minimum atomic E-state index is -1.10. The Morgan fingerprint density at radius 1 is 0.833 bits per heavy atom. The van der Waals surface area contributed by atoms with Gasteiger partial charge in [0.15, 0.2) is 5.60 Å². The van der Waals surface area contributed by atoms with Crippen molar-refractivity contribution < 1.29 is 33.3 Å². The lowest BCUT2D eigenvalue weighted by atomic mass is 9.97. The smallest absolute Gasteiger partial charge is 0.334 e. The molecule has 3 aromatic rings. The molecule has 218 valence electrons. The Bertz CT molecular complexity index is 1450. The predicted molar refractivity (Wildman–Crippen MR) is 160 cm³/mol. The summed E-state index contributed by atoms with van der Waals surface area (Å²) in [7, 11) is 1.59. The van der Waals surface area contributed by atoms with Crippen LogP contribution in [0.2, 0.25) is 0 Å². The number of benzene rings is 3. The van der Waals surface area contributed by atoms with Gasteiger partial charge >= 0.3 is 11.9 Å². The van der Waals surface area contributed by atoms with Crippen molar-refractivity contribution in [1.29, 1.82) is 0 Å². The van der Waals surface area contributed by atoms with Crippen molar-refractivity contribution in [2.75, 3.05) is 26.9 Å². The van der Waals surface area contributed by atoms with Crippen LogP contribution in [-0.4, -0.2) is 44.5 Å². The summed E-state index contributed by atoms with van der Waals surface area (Å²) in [5.74, 6) is 7.49. The molecular weight excluding hydrogens is 532 g/mol. The molecule has 7 heteroatoms. The van der Waals surface area contributed by atoms with Crippen molar-refractivity contribution in [3.63, 3.8) is 0 Å². The molecule has 0 N–H and O–H groups in total. The number of hydrogen-bond acceptors (Lipinski definition) is 7. The highest BCUT2D eigenvalue weighted by Gasteiger charge is 2.46. The maximum Gasteiger partial charge on any atom is 0.334 e. The monoisotopic (exact) mass is 568 g/mol. The average molecular weight is 569 g/mol. The molecule has 0 spiro atoms. The molecule has 0 aliphatic carbocycles. The van der Waals surface area contributed by atoms with Crippen molar-refractivity contribution in [1.82, 2.24) is 0 Å². The Kier molecular flexibility index (Phi) is 10.3. The molecule has 42 heavy (non-hydrogen) atoms. The second kappa shape index (κ2) is 14.3. The molecule has 1 saturated heterocycles. The molecule has 1 aliphatic rings. The topological polar surface area (TPSA) is 80.3 Å². The van der Waals surface area contributed by atoms with E-state index in [1.54, 1.807) is 31.4 Å².